The van der Waals surface area contributed by atoms with Gasteiger partial charge in [-0.3, -0.25) is 4.79 Å². The third-order valence-corrected chi connectivity index (χ3v) is 6.36. The monoisotopic (exact) mass is 434 g/mol. The SMILES string of the molecule is O=C(O)c1csc(SCCN2C(=O)CC[C@@H]2C=CC(O)COc2ccccc2)n1. The zero-order chi connectivity index (χ0) is 20.6. The highest BCUT2D eigenvalue weighted by Gasteiger charge is 2.28. The van der Waals surface area contributed by atoms with Gasteiger partial charge in [0.1, 0.15) is 18.5 Å². The second kappa shape index (κ2) is 10.4. The number of nitrogens with zero attached hydrogens (tertiary/aromatic N) is 2. The number of aliphatic hydroxyl groups excluding tert-OH is 1. The third kappa shape index (κ3) is 6.31. The minimum Gasteiger partial charge on any atom is -0.491 e. The van der Waals surface area contributed by atoms with Gasteiger partial charge in [0.2, 0.25) is 5.91 Å². The van der Waals surface area contributed by atoms with Gasteiger partial charge in [-0.25, -0.2) is 9.78 Å². The van der Waals surface area contributed by atoms with Crippen LogP contribution in [0.25, 0.3) is 0 Å². The minimum atomic E-state index is -1.04. The maximum Gasteiger partial charge on any atom is 0.355 e. The zero-order valence-corrected chi connectivity index (χ0v) is 17.3. The molecule has 2 N–H and O–H groups in total. The smallest absolute Gasteiger partial charge is 0.355 e. The fourth-order valence-corrected chi connectivity index (χ4v) is 4.72. The van der Waals surface area contributed by atoms with E-state index < -0.39 is 12.1 Å². The first-order valence-corrected chi connectivity index (χ1v) is 11.0. The Hall–Kier alpha value is -2.36. The van der Waals surface area contributed by atoms with Crippen molar-refractivity contribution in [3.05, 3.63) is 53.6 Å². The quantitative estimate of drug-likeness (QED) is 0.438. The van der Waals surface area contributed by atoms with Gasteiger partial charge in [0.05, 0.1) is 6.04 Å². The second-order valence-corrected chi connectivity index (χ2v) is 8.62. The first kappa shape index (κ1) is 21.4. The number of rotatable bonds is 10. The van der Waals surface area contributed by atoms with E-state index in [-0.39, 0.29) is 24.2 Å². The summed E-state index contributed by atoms with van der Waals surface area (Å²) in [5.41, 5.74) is 0.0438. The van der Waals surface area contributed by atoms with Crippen molar-refractivity contribution in [1.82, 2.24) is 9.88 Å². The maximum atomic E-state index is 12.2. The Kier molecular flexibility index (Phi) is 7.68. The summed E-state index contributed by atoms with van der Waals surface area (Å²) in [5.74, 6) is 0.369. The molecule has 2 atom stereocenters. The normalized spacial score (nSPS) is 17.8. The number of hydrogen-bond donors (Lipinski definition) is 2. The minimum absolute atomic E-state index is 0.0438. The molecule has 1 amide bonds. The molecule has 29 heavy (non-hydrogen) atoms. The number of carbonyl (C=O) groups excluding carboxylic acids is 1. The van der Waals surface area contributed by atoms with Crippen LogP contribution in [0.1, 0.15) is 23.3 Å². The Bertz CT molecular complexity index is 856. The molecule has 3 rings (SSSR count). The molecule has 0 spiro atoms. The van der Waals surface area contributed by atoms with Crippen molar-refractivity contribution in [2.24, 2.45) is 0 Å². The standard InChI is InChI=1S/C20H22N2O5S2/c23-15(12-27-16-4-2-1-3-5-16)8-6-14-7-9-18(24)22(14)10-11-28-20-21-17(13-29-20)19(25)26/h1-6,8,13-15,23H,7,9-12H2,(H,25,26)/t14-,15?/m0/s1. The predicted octanol–water partition coefficient (Wildman–Crippen LogP) is 2.92. The van der Waals surface area contributed by atoms with Gasteiger partial charge in [-0.1, -0.05) is 42.1 Å². The maximum absolute atomic E-state index is 12.2. The van der Waals surface area contributed by atoms with E-state index in [1.807, 2.05) is 36.4 Å². The highest BCUT2D eigenvalue weighted by Crippen LogP contribution is 2.25. The number of amides is 1. The fourth-order valence-electron chi connectivity index (χ4n) is 2.91. The van der Waals surface area contributed by atoms with E-state index in [0.29, 0.717) is 35.2 Å². The topological polar surface area (TPSA) is 100.0 Å². The lowest BCUT2D eigenvalue weighted by Crippen LogP contribution is -2.34. The summed E-state index contributed by atoms with van der Waals surface area (Å²) >= 11 is 2.72. The Morgan fingerprint density at radius 2 is 2.21 bits per heavy atom. The first-order valence-electron chi connectivity index (χ1n) is 9.18. The average Bonchev–Trinajstić information content (AvgIpc) is 3.33. The molecule has 1 saturated heterocycles. The van der Waals surface area contributed by atoms with E-state index in [2.05, 4.69) is 4.98 Å². The molecule has 7 nitrogen and oxygen atoms in total. The van der Waals surface area contributed by atoms with Gasteiger partial charge in [0.15, 0.2) is 10.0 Å². The number of hydrogen-bond acceptors (Lipinski definition) is 7. The van der Waals surface area contributed by atoms with Crippen molar-refractivity contribution in [1.29, 1.82) is 0 Å². The summed E-state index contributed by atoms with van der Waals surface area (Å²) in [6.45, 7) is 0.685. The molecule has 0 aliphatic carbocycles. The van der Waals surface area contributed by atoms with Crippen LogP contribution in [-0.2, 0) is 4.79 Å². The number of carboxylic acid groups (broad SMARTS) is 1. The molecule has 0 radical (unpaired) electrons. The summed E-state index contributed by atoms with van der Waals surface area (Å²) in [5, 5.41) is 20.5. The van der Waals surface area contributed by atoms with Crippen LogP contribution in [0.3, 0.4) is 0 Å². The second-order valence-electron chi connectivity index (χ2n) is 6.42. The van der Waals surface area contributed by atoms with Crippen LogP contribution >= 0.6 is 23.1 Å². The lowest BCUT2D eigenvalue weighted by molar-refractivity contribution is -0.128. The Morgan fingerprint density at radius 1 is 1.41 bits per heavy atom. The molecule has 1 aliphatic heterocycles. The zero-order valence-electron chi connectivity index (χ0n) is 15.6. The van der Waals surface area contributed by atoms with Crippen molar-refractivity contribution < 1.29 is 24.5 Å². The number of carboxylic acids is 1. The van der Waals surface area contributed by atoms with Crippen LogP contribution in [0.2, 0.25) is 0 Å². The molecular weight excluding hydrogens is 412 g/mol. The largest absolute Gasteiger partial charge is 0.491 e. The van der Waals surface area contributed by atoms with Crippen molar-refractivity contribution in [3.8, 4) is 5.75 Å². The Balaban J connectivity index is 1.46. The summed E-state index contributed by atoms with van der Waals surface area (Å²) in [6, 6.07) is 9.23. The van der Waals surface area contributed by atoms with Crippen LogP contribution in [-0.4, -0.2) is 63.0 Å². The highest BCUT2D eigenvalue weighted by atomic mass is 32.2. The molecule has 1 aromatic carbocycles. The first-order chi connectivity index (χ1) is 14.0. The van der Waals surface area contributed by atoms with Gasteiger partial charge >= 0.3 is 5.97 Å². The third-order valence-electron chi connectivity index (χ3n) is 4.35. The van der Waals surface area contributed by atoms with E-state index in [0.717, 1.165) is 0 Å². The molecule has 1 aliphatic rings. The van der Waals surface area contributed by atoms with Crippen molar-refractivity contribution >= 4 is 35.0 Å². The Labute approximate surface area is 177 Å². The fraction of sp³-hybridized carbons (Fsp3) is 0.350. The van der Waals surface area contributed by atoms with E-state index >= 15 is 0 Å². The molecule has 0 saturated carbocycles. The lowest BCUT2D eigenvalue weighted by Gasteiger charge is -2.22. The number of aromatic nitrogens is 1. The van der Waals surface area contributed by atoms with Gasteiger partial charge in [0.25, 0.3) is 0 Å². The van der Waals surface area contributed by atoms with E-state index in [4.69, 9.17) is 9.84 Å². The van der Waals surface area contributed by atoms with Gasteiger partial charge in [0, 0.05) is 24.1 Å². The number of benzene rings is 1. The van der Waals surface area contributed by atoms with Crippen LogP contribution in [0.15, 0.2) is 52.2 Å². The molecule has 1 unspecified atom stereocenters. The average molecular weight is 435 g/mol. The molecule has 1 fully saturated rings. The van der Waals surface area contributed by atoms with Crippen LogP contribution < -0.4 is 4.74 Å². The number of aliphatic hydroxyl groups is 1. The summed E-state index contributed by atoms with van der Waals surface area (Å²) in [4.78, 5) is 28.9. The Morgan fingerprint density at radius 3 is 2.93 bits per heavy atom. The van der Waals surface area contributed by atoms with E-state index in [1.165, 1.54) is 28.5 Å². The molecule has 154 valence electrons. The number of carbonyl (C=O) groups is 2. The number of aromatic carboxylic acids is 1. The summed E-state index contributed by atoms with van der Waals surface area (Å²) in [6.07, 6.45) is 3.97. The van der Waals surface area contributed by atoms with E-state index in [1.54, 1.807) is 11.0 Å². The summed E-state index contributed by atoms with van der Waals surface area (Å²) < 4.78 is 6.21. The molecule has 9 heteroatoms. The van der Waals surface area contributed by atoms with Gasteiger partial charge in [-0.05, 0) is 18.6 Å². The summed E-state index contributed by atoms with van der Waals surface area (Å²) in [7, 11) is 0. The van der Waals surface area contributed by atoms with Crippen molar-refractivity contribution in [2.45, 2.75) is 29.3 Å². The number of thioether (sulfide) groups is 1. The molecule has 2 aromatic rings. The number of likely N-dealkylation sites (tertiary alicyclic amines) is 1. The number of thiazole rings is 1. The molecule has 0 bridgehead atoms. The molecule has 1 aromatic heterocycles. The predicted molar refractivity (Wildman–Crippen MR) is 112 cm³/mol. The van der Waals surface area contributed by atoms with Crippen LogP contribution in [0.4, 0.5) is 0 Å². The van der Waals surface area contributed by atoms with Gasteiger partial charge in [-0.15, -0.1) is 11.3 Å². The lowest BCUT2D eigenvalue weighted by atomic mass is 10.2. The van der Waals surface area contributed by atoms with Crippen molar-refractivity contribution in [2.75, 3.05) is 18.9 Å². The van der Waals surface area contributed by atoms with Crippen molar-refractivity contribution in [3.63, 3.8) is 0 Å². The van der Waals surface area contributed by atoms with Gasteiger partial charge < -0.3 is 19.8 Å². The number of para-hydroxylation sites is 1. The van der Waals surface area contributed by atoms with Crippen LogP contribution in [0, 0.1) is 0 Å². The number of ether oxygens (including phenoxy) is 1. The van der Waals surface area contributed by atoms with Gasteiger partial charge in [-0.2, -0.15) is 0 Å². The molecule has 2 heterocycles. The highest BCUT2D eigenvalue weighted by molar-refractivity contribution is 8.01. The van der Waals surface area contributed by atoms with Crippen LogP contribution in [0.5, 0.6) is 5.75 Å². The molecular formula is C20H22N2O5S2. The van der Waals surface area contributed by atoms with E-state index in [9.17, 15) is 14.7 Å².